The van der Waals surface area contributed by atoms with Gasteiger partial charge in [0, 0.05) is 12.1 Å². The second-order valence-corrected chi connectivity index (χ2v) is 6.79. The van der Waals surface area contributed by atoms with E-state index in [1.807, 2.05) is 6.92 Å². The molecular formula is C15H30N2O. The van der Waals surface area contributed by atoms with Crippen LogP contribution in [-0.4, -0.2) is 18.1 Å². The molecule has 2 amide bonds. The van der Waals surface area contributed by atoms with Crippen LogP contribution >= 0.6 is 0 Å². The van der Waals surface area contributed by atoms with E-state index in [4.69, 9.17) is 0 Å². The number of amides is 2. The first-order valence-electron chi connectivity index (χ1n) is 7.41. The van der Waals surface area contributed by atoms with E-state index < -0.39 is 0 Å². The Hall–Kier alpha value is -0.730. The second kappa shape index (κ2) is 6.44. The molecule has 0 unspecified atom stereocenters. The summed E-state index contributed by atoms with van der Waals surface area (Å²) in [5.41, 5.74) is 0.273. The number of hydrogen-bond acceptors (Lipinski definition) is 1. The average molecular weight is 254 g/mol. The summed E-state index contributed by atoms with van der Waals surface area (Å²) in [7, 11) is 0. The van der Waals surface area contributed by atoms with Gasteiger partial charge in [-0.15, -0.1) is 0 Å². The van der Waals surface area contributed by atoms with Gasteiger partial charge in [0.15, 0.2) is 0 Å². The third kappa shape index (κ3) is 4.51. The number of hydrogen-bond donors (Lipinski definition) is 2. The van der Waals surface area contributed by atoms with Crippen LogP contribution in [0.2, 0.25) is 0 Å². The molecule has 1 saturated carbocycles. The molecule has 1 fully saturated rings. The summed E-state index contributed by atoms with van der Waals surface area (Å²) in [5, 5.41) is 6.19. The summed E-state index contributed by atoms with van der Waals surface area (Å²) in [6.07, 6.45) is 5.86. The van der Waals surface area contributed by atoms with E-state index in [9.17, 15) is 4.79 Å². The molecule has 0 aromatic carbocycles. The van der Waals surface area contributed by atoms with Crippen molar-refractivity contribution in [3.8, 4) is 0 Å². The first kappa shape index (κ1) is 15.3. The molecule has 18 heavy (non-hydrogen) atoms. The van der Waals surface area contributed by atoms with Gasteiger partial charge in [-0.05, 0) is 37.5 Å². The number of rotatable bonds is 3. The quantitative estimate of drug-likeness (QED) is 0.792. The van der Waals surface area contributed by atoms with Crippen LogP contribution in [0.15, 0.2) is 0 Å². The van der Waals surface area contributed by atoms with E-state index in [0.717, 1.165) is 12.8 Å². The molecule has 0 aliphatic heterocycles. The highest BCUT2D eigenvalue weighted by molar-refractivity contribution is 5.74. The molecule has 0 heterocycles. The molecule has 1 aliphatic rings. The van der Waals surface area contributed by atoms with E-state index in [-0.39, 0.29) is 17.5 Å². The van der Waals surface area contributed by atoms with Crippen LogP contribution in [0.25, 0.3) is 0 Å². The summed E-state index contributed by atoms with van der Waals surface area (Å²) in [4.78, 5) is 11.9. The lowest BCUT2D eigenvalue weighted by molar-refractivity contribution is 0.133. The number of carbonyl (C=O) groups is 1. The first-order valence-corrected chi connectivity index (χ1v) is 7.41. The van der Waals surface area contributed by atoms with Gasteiger partial charge in [-0.1, -0.05) is 40.5 Å². The van der Waals surface area contributed by atoms with Gasteiger partial charge in [-0.25, -0.2) is 4.79 Å². The Morgan fingerprint density at radius 1 is 1.28 bits per heavy atom. The number of carbonyl (C=O) groups excluding carboxylic acids is 1. The summed E-state index contributed by atoms with van der Waals surface area (Å²) in [6.45, 7) is 11.0. The predicted molar refractivity (Wildman–Crippen MR) is 76.6 cm³/mol. The smallest absolute Gasteiger partial charge is 0.315 e. The largest absolute Gasteiger partial charge is 0.336 e. The van der Waals surface area contributed by atoms with Crippen molar-refractivity contribution >= 4 is 6.03 Å². The topological polar surface area (TPSA) is 41.1 Å². The Labute approximate surface area is 112 Å². The maximum absolute atomic E-state index is 11.9. The second-order valence-electron chi connectivity index (χ2n) is 6.79. The van der Waals surface area contributed by atoms with Crippen molar-refractivity contribution in [1.29, 1.82) is 0 Å². The molecule has 3 atom stereocenters. The fourth-order valence-electron chi connectivity index (χ4n) is 2.88. The molecule has 2 N–H and O–H groups in total. The van der Waals surface area contributed by atoms with Gasteiger partial charge in [0.05, 0.1) is 0 Å². The maximum atomic E-state index is 11.9. The zero-order chi connectivity index (χ0) is 13.8. The molecule has 3 heteroatoms. The summed E-state index contributed by atoms with van der Waals surface area (Å²) in [5.74, 6) is 0.592. The number of urea groups is 1. The highest BCUT2D eigenvalue weighted by atomic mass is 16.2. The highest BCUT2D eigenvalue weighted by Gasteiger charge is 2.34. The third-order valence-electron chi connectivity index (χ3n) is 4.18. The van der Waals surface area contributed by atoms with Crippen LogP contribution in [0.3, 0.4) is 0 Å². The van der Waals surface area contributed by atoms with E-state index in [1.165, 1.54) is 19.3 Å². The van der Waals surface area contributed by atoms with Crippen LogP contribution in [0.5, 0.6) is 0 Å². The van der Waals surface area contributed by atoms with Crippen LogP contribution < -0.4 is 10.6 Å². The van der Waals surface area contributed by atoms with Crippen molar-refractivity contribution in [2.24, 2.45) is 11.3 Å². The average Bonchev–Trinajstić information content (AvgIpc) is 2.27. The molecule has 0 spiro atoms. The molecule has 0 radical (unpaired) electrons. The van der Waals surface area contributed by atoms with Gasteiger partial charge >= 0.3 is 6.03 Å². The van der Waals surface area contributed by atoms with Crippen LogP contribution in [-0.2, 0) is 0 Å². The van der Waals surface area contributed by atoms with Crippen LogP contribution in [0.4, 0.5) is 4.79 Å². The van der Waals surface area contributed by atoms with Gasteiger partial charge in [-0.2, -0.15) is 0 Å². The Bertz CT molecular complexity index is 270. The molecule has 106 valence electrons. The lowest BCUT2D eigenvalue weighted by atomic mass is 9.69. The van der Waals surface area contributed by atoms with Crippen LogP contribution in [0.1, 0.15) is 66.7 Å². The normalized spacial score (nSPS) is 26.5. The van der Waals surface area contributed by atoms with E-state index >= 15 is 0 Å². The summed E-state index contributed by atoms with van der Waals surface area (Å²) in [6, 6.07) is 0.593. The first-order chi connectivity index (χ1) is 8.34. The SMILES string of the molecule is CC[C@@H](C)NC(=O)N[C@@H]1CCCC[C@@H]1C(C)(C)C. The molecule has 0 aromatic heterocycles. The van der Waals surface area contributed by atoms with Crippen molar-refractivity contribution in [2.75, 3.05) is 0 Å². The Morgan fingerprint density at radius 3 is 2.44 bits per heavy atom. The Kier molecular flexibility index (Phi) is 5.48. The summed E-state index contributed by atoms with van der Waals surface area (Å²) < 4.78 is 0. The summed E-state index contributed by atoms with van der Waals surface area (Å²) >= 11 is 0. The lowest BCUT2D eigenvalue weighted by Crippen LogP contribution is -2.51. The van der Waals surface area contributed by atoms with Gasteiger partial charge in [0.2, 0.25) is 0 Å². The molecular weight excluding hydrogens is 224 g/mol. The van der Waals surface area contributed by atoms with Gasteiger partial charge in [0.25, 0.3) is 0 Å². The molecule has 3 nitrogen and oxygen atoms in total. The van der Waals surface area contributed by atoms with Gasteiger partial charge < -0.3 is 10.6 Å². The Balaban J connectivity index is 2.54. The predicted octanol–water partition coefficient (Wildman–Crippen LogP) is 3.69. The van der Waals surface area contributed by atoms with E-state index in [0.29, 0.717) is 12.0 Å². The monoisotopic (exact) mass is 254 g/mol. The van der Waals surface area contributed by atoms with Crippen molar-refractivity contribution < 1.29 is 4.79 Å². The number of nitrogens with one attached hydrogen (secondary N) is 2. The highest BCUT2D eigenvalue weighted by Crippen LogP contribution is 2.37. The van der Waals surface area contributed by atoms with Gasteiger partial charge in [-0.3, -0.25) is 0 Å². The van der Waals surface area contributed by atoms with Crippen molar-refractivity contribution in [3.05, 3.63) is 0 Å². The van der Waals surface area contributed by atoms with Crippen molar-refractivity contribution in [2.45, 2.75) is 78.8 Å². The van der Waals surface area contributed by atoms with Gasteiger partial charge in [0.1, 0.15) is 0 Å². The third-order valence-corrected chi connectivity index (χ3v) is 4.18. The zero-order valence-electron chi connectivity index (χ0n) is 12.7. The fourth-order valence-corrected chi connectivity index (χ4v) is 2.88. The molecule has 1 rings (SSSR count). The molecule has 0 aromatic rings. The molecule has 1 aliphatic carbocycles. The zero-order valence-corrected chi connectivity index (χ0v) is 12.7. The van der Waals surface area contributed by atoms with E-state index in [1.54, 1.807) is 0 Å². The molecule has 0 saturated heterocycles. The standard InChI is InChI=1S/C15H30N2O/c1-6-11(2)16-14(18)17-13-10-8-7-9-12(13)15(3,4)5/h11-13H,6-10H2,1-5H3,(H2,16,17,18)/t11-,12+,13-/m1/s1. The minimum atomic E-state index is 0.00509. The van der Waals surface area contributed by atoms with Crippen molar-refractivity contribution in [3.63, 3.8) is 0 Å². The van der Waals surface area contributed by atoms with E-state index in [2.05, 4.69) is 38.3 Å². The van der Waals surface area contributed by atoms with Crippen molar-refractivity contribution in [1.82, 2.24) is 10.6 Å². The lowest BCUT2D eigenvalue weighted by Gasteiger charge is -2.40. The fraction of sp³-hybridized carbons (Fsp3) is 0.933. The maximum Gasteiger partial charge on any atom is 0.315 e. The molecule has 0 bridgehead atoms. The minimum Gasteiger partial charge on any atom is -0.336 e. The van der Waals surface area contributed by atoms with Crippen LogP contribution in [0, 0.1) is 11.3 Å². The minimum absolute atomic E-state index is 0.00509. The Morgan fingerprint density at radius 2 is 1.89 bits per heavy atom.